The van der Waals surface area contributed by atoms with Crippen LogP contribution in [0.15, 0.2) is 0 Å². The molecule has 0 atom stereocenters. The Morgan fingerprint density at radius 3 is 2.15 bits per heavy atom. The minimum absolute atomic E-state index is 0.151. The van der Waals surface area contributed by atoms with Gasteiger partial charge < -0.3 is 20.8 Å². The van der Waals surface area contributed by atoms with E-state index in [2.05, 4.69) is 27.5 Å². The molecule has 0 saturated carbocycles. The summed E-state index contributed by atoms with van der Waals surface area (Å²) in [7, 11) is 1.82. The van der Waals surface area contributed by atoms with Gasteiger partial charge in [0.05, 0.1) is 18.8 Å². The fourth-order valence-electron chi connectivity index (χ4n) is 1.96. The molecular formula is C14H26N4O2. The molecule has 0 aliphatic heterocycles. The first kappa shape index (κ1) is 16.7. The first-order chi connectivity index (χ1) is 9.55. The Bertz CT molecular complexity index is 425. The van der Waals surface area contributed by atoms with Gasteiger partial charge >= 0.3 is 0 Å². The van der Waals surface area contributed by atoms with E-state index in [0.717, 1.165) is 30.0 Å². The second kappa shape index (κ2) is 7.40. The Balaban J connectivity index is 3.18. The van der Waals surface area contributed by atoms with Gasteiger partial charge in [0.1, 0.15) is 17.5 Å². The predicted octanol–water partition coefficient (Wildman–Crippen LogP) is 1.32. The normalized spacial score (nSPS) is 11.5. The van der Waals surface area contributed by atoms with E-state index in [9.17, 15) is 10.2 Å². The van der Waals surface area contributed by atoms with E-state index in [1.807, 2.05) is 20.9 Å². The Kier molecular flexibility index (Phi) is 6.16. The molecule has 0 spiro atoms. The topological polar surface area (TPSA) is 90.3 Å². The lowest BCUT2D eigenvalue weighted by Crippen LogP contribution is -2.45. The van der Waals surface area contributed by atoms with Crippen molar-refractivity contribution < 1.29 is 10.2 Å². The van der Waals surface area contributed by atoms with Crippen molar-refractivity contribution in [3.8, 4) is 0 Å². The summed E-state index contributed by atoms with van der Waals surface area (Å²) in [5.74, 6) is 2.19. The highest BCUT2D eigenvalue weighted by Crippen LogP contribution is 2.24. The van der Waals surface area contributed by atoms with Crippen molar-refractivity contribution in [2.45, 2.75) is 45.6 Å². The molecule has 1 heterocycles. The summed E-state index contributed by atoms with van der Waals surface area (Å²) in [5, 5.41) is 25.3. The fraction of sp³-hybridized carbons (Fsp3) is 0.714. The molecule has 1 rings (SSSR count). The third-order valence-electron chi connectivity index (χ3n) is 3.57. The fourth-order valence-corrected chi connectivity index (χ4v) is 1.96. The third kappa shape index (κ3) is 3.58. The van der Waals surface area contributed by atoms with Crippen molar-refractivity contribution in [3.05, 3.63) is 11.4 Å². The molecule has 6 heteroatoms. The van der Waals surface area contributed by atoms with Gasteiger partial charge in [-0.15, -0.1) is 0 Å². The number of hydrogen-bond acceptors (Lipinski definition) is 6. The lowest BCUT2D eigenvalue weighted by molar-refractivity contribution is 0.132. The number of nitrogens with zero attached hydrogens (tertiary/aromatic N) is 2. The summed E-state index contributed by atoms with van der Waals surface area (Å²) < 4.78 is 0. The zero-order chi connectivity index (χ0) is 15.2. The Morgan fingerprint density at radius 2 is 1.70 bits per heavy atom. The monoisotopic (exact) mass is 282 g/mol. The molecule has 0 saturated heterocycles. The maximum Gasteiger partial charge on any atom is 0.135 e. The third-order valence-corrected chi connectivity index (χ3v) is 3.57. The summed E-state index contributed by atoms with van der Waals surface area (Å²) in [5.41, 5.74) is 0.125. The zero-order valence-corrected chi connectivity index (χ0v) is 12.8. The second-order valence-corrected chi connectivity index (χ2v) is 5.04. The molecule has 6 nitrogen and oxygen atoms in total. The second-order valence-electron chi connectivity index (χ2n) is 5.04. The van der Waals surface area contributed by atoms with Crippen LogP contribution in [0.3, 0.4) is 0 Å². The number of hydrogen-bond donors (Lipinski definition) is 4. The van der Waals surface area contributed by atoms with Crippen LogP contribution in [-0.4, -0.2) is 46.0 Å². The maximum absolute atomic E-state index is 9.55. The van der Waals surface area contributed by atoms with Crippen molar-refractivity contribution >= 4 is 11.6 Å². The van der Waals surface area contributed by atoms with E-state index in [4.69, 9.17) is 0 Å². The molecule has 0 unspecified atom stereocenters. The van der Waals surface area contributed by atoms with Gasteiger partial charge in [-0.05, 0) is 19.8 Å². The first-order valence-electron chi connectivity index (χ1n) is 7.11. The van der Waals surface area contributed by atoms with E-state index < -0.39 is 5.54 Å². The van der Waals surface area contributed by atoms with Crippen molar-refractivity contribution in [3.63, 3.8) is 0 Å². The van der Waals surface area contributed by atoms with Gasteiger partial charge in [-0.1, -0.05) is 13.8 Å². The molecule has 4 N–H and O–H groups in total. The molecule has 20 heavy (non-hydrogen) atoms. The lowest BCUT2D eigenvalue weighted by Gasteiger charge is -2.31. The van der Waals surface area contributed by atoms with Crippen LogP contribution in [0, 0.1) is 6.92 Å². The number of aromatic nitrogens is 2. The summed E-state index contributed by atoms with van der Waals surface area (Å²) in [6.45, 7) is 5.61. The van der Waals surface area contributed by atoms with E-state index in [-0.39, 0.29) is 13.2 Å². The average molecular weight is 282 g/mol. The molecule has 0 aliphatic carbocycles. The van der Waals surface area contributed by atoms with E-state index in [1.54, 1.807) is 0 Å². The largest absolute Gasteiger partial charge is 0.394 e. The molecule has 0 amide bonds. The van der Waals surface area contributed by atoms with Crippen LogP contribution in [0.4, 0.5) is 11.6 Å². The Morgan fingerprint density at radius 1 is 1.10 bits per heavy atom. The summed E-state index contributed by atoms with van der Waals surface area (Å²) >= 11 is 0. The van der Waals surface area contributed by atoms with Crippen LogP contribution in [0.25, 0.3) is 0 Å². The van der Waals surface area contributed by atoms with Gasteiger partial charge in [-0.25, -0.2) is 9.97 Å². The Labute approximate surface area is 120 Å². The quantitative estimate of drug-likeness (QED) is 0.575. The van der Waals surface area contributed by atoms with Crippen LogP contribution < -0.4 is 10.6 Å². The molecule has 0 aromatic carbocycles. The van der Waals surface area contributed by atoms with Crippen molar-refractivity contribution in [1.82, 2.24) is 9.97 Å². The maximum atomic E-state index is 9.55. The van der Waals surface area contributed by atoms with Gasteiger partial charge in [0, 0.05) is 19.0 Å². The van der Waals surface area contributed by atoms with Gasteiger partial charge in [0.2, 0.25) is 0 Å². The SMILES string of the molecule is CCCc1nc(NC)c(C)c(NC(CC)(CO)CO)n1. The highest BCUT2D eigenvalue weighted by Gasteiger charge is 2.28. The van der Waals surface area contributed by atoms with E-state index in [0.29, 0.717) is 12.2 Å². The minimum atomic E-state index is -0.756. The standard InChI is InChI=1S/C14H26N4O2/c1-5-7-11-16-12(15-4)10(3)13(17-11)18-14(6-2,8-19)9-20/h19-20H,5-9H2,1-4H3,(H2,15,16,17,18). The molecule has 114 valence electrons. The number of aliphatic hydroxyl groups is 2. The lowest BCUT2D eigenvalue weighted by atomic mass is 9.98. The highest BCUT2D eigenvalue weighted by molar-refractivity contribution is 5.58. The van der Waals surface area contributed by atoms with E-state index >= 15 is 0 Å². The Hall–Kier alpha value is -1.40. The number of nitrogens with one attached hydrogen (secondary N) is 2. The van der Waals surface area contributed by atoms with Crippen molar-refractivity contribution in [1.29, 1.82) is 0 Å². The van der Waals surface area contributed by atoms with Crippen LogP contribution in [0.2, 0.25) is 0 Å². The number of anilines is 2. The van der Waals surface area contributed by atoms with E-state index in [1.165, 1.54) is 0 Å². The predicted molar refractivity (Wildman–Crippen MR) is 81.1 cm³/mol. The van der Waals surface area contributed by atoms with Gasteiger partial charge in [0.15, 0.2) is 0 Å². The van der Waals surface area contributed by atoms with Gasteiger partial charge in [0.25, 0.3) is 0 Å². The number of rotatable bonds is 8. The summed E-state index contributed by atoms with van der Waals surface area (Å²) in [6, 6.07) is 0. The van der Waals surface area contributed by atoms with Gasteiger partial charge in [-0.2, -0.15) is 0 Å². The molecule has 0 aliphatic rings. The molecule has 0 radical (unpaired) electrons. The smallest absolute Gasteiger partial charge is 0.135 e. The zero-order valence-electron chi connectivity index (χ0n) is 12.8. The summed E-state index contributed by atoms with van der Waals surface area (Å²) in [6.07, 6.45) is 2.35. The van der Waals surface area contributed by atoms with Crippen LogP contribution in [0.5, 0.6) is 0 Å². The molecule has 0 fully saturated rings. The molecular weight excluding hydrogens is 256 g/mol. The first-order valence-corrected chi connectivity index (χ1v) is 7.11. The van der Waals surface area contributed by atoms with Crippen LogP contribution >= 0.6 is 0 Å². The number of aryl methyl sites for hydroxylation is 1. The molecule has 1 aromatic rings. The van der Waals surface area contributed by atoms with Crippen molar-refractivity contribution in [2.75, 3.05) is 30.9 Å². The highest BCUT2D eigenvalue weighted by atomic mass is 16.3. The average Bonchev–Trinajstić information content (AvgIpc) is 2.48. The van der Waals surface area contributed by atoms with Crippen LogP contribution in [0.1, 0.15) is 38.1 Å². The van der Waals surface area contributed by atoms with Crippen molar-refractivity contribution in [2.24, 2.45) is 0 Å². The van der Waals surface area contributed by atoms with Gasteiger partial charge in [-0.3, -0.25) is 0 Å². The molecule has 1 aromatic heterocycles. The van der Waals surface area contributed by atoms with Crippen LogP contribution in [-0.2, 0) is 6.42 Å². The molecule has 0 bridgehead atoms. The number of aliphatic hydroxyl groups excluding tert-OH is 2. The minimum Gasteiger partial charge on any atom is -0.394 e. The summed E-state index contributed by atoms with van der Waals surface area (Å²) in [4.78, 5) is 8.98.